The number of aryl methyl sites for hydroxylation is 1. The molecule has 0 aliphatic heterocycles. The number of aliphatic hydroxyl groups excluding tert-OH is 1. The Balaban J connectivity index is 2.12. The van der Waals surface area contributed by atoms with Gasteiger partial charge in [0.05, 0.1) is 6.10 Å². The van der Waals surface area contributed by atoms with Crippen LogP contribution in [0.25, 0.3) is 0 Å². The second-order valence-electron chi connectivity index (χ2n) is 7.09. The van der Waals surface area contributed by atoms with Gasteiger partial charge in [0.2, 0.25) is 0 Å². The van der Waals surface area contributed by atoms with Crippen molar-refractivity contribution in [1.82, 2.24) is 4.90 Å². The molecular formula is C19H31NO. The van der Waals surface area contributed by atoms with Crippen LogP contribution in [-0.2, 0) is 12.8 Å². The first kappa shape index (κ1) is 16.5. The van der Waals surface area contributed by atoms with Crippen molar-refractivity contribution in [3.05, 3.63) is 35.4 Å². The summed E-state index contributed by atoms with van der Waals surface area (Å²) in [5.74, 6) is 0.707. The molecule has 0 spiro atoms. The van der Waals surface area contributed by atoms with Crippen LogP contribution >= 0.6 is 0 Å². The normalized spacial score (nSPS) is 27.8. The van der Waals surface area contributed by atoms with Gasteiger partial charge in [-0.2, -0.15) is 0 Å². The highest BCUT2D eigenvalue weighted by Gasteiger charge is 2.42. The van der Waals surface area contributed by atoms with Crippen LogP contribution in [0, 0.1) is 5.92 Å². The van der Waals surface area contributed by atoms with E-state index in [9.17, 15) is 5.11 Å². The van der Waals surface area contributed by atoms with Crippen molar-refractivity contribution in [3.63, 3.8) is 0 Å². The minimum atomic E-state index is -0.289. The molecular weight excluding hydrogens is 258 g/mol. The van der Waals surface area contributed by atoms with Crippen LogP contribution in [0.5, 0.6) is 0 Å². The third-order valence-corrected chi connectivity index (χ3v) is 5.38. The maximum Gasteiger partial charge on any atom is 0.0763 e. The zero-order valence-corrected chi connectivity index (χ0v) is 14.1. The van der Waals surface area contributed by atoms with Crippen molar-refractivity contribution in [2.24, 2.45) is 5.92 Å². The Morgan fingerprint density at radius 3 is 2.38 bits per heavy atom. The van der Waals surface area contributed by atoms with Crippen LogP contribution in [0.2, 0.25) is 0 Å². The molecule has 1 aromatic rings. The minimum Gasteiger partial charge on any atom is -0.391 e. The summed E-state index contributed by atoms with van der Waals surface area (Å²) in [6.07, 6.45) is 6.28. The van der Waals surface area contributed by atoms with E-state index in [4.69, 9.17) is 0 Å². The van der Waals surface area contributed by atoms with E-state index in [0.29, 0.717) is 5.92 Å². The average Bonchev–Trinajstić information content (AvgIpc) is 2.47. The zero-order chi connectivity index (χ0) is 15.5. The molecule has 2 rings (SSSR count). The molecule has 0 saturated heterocycles. The minimum absolute atomic E-state index is 0.0545. The van der Waals surface area contributed by atoms with Gasteiger partial charge >= 0.3 is 0 Å². The van der Waals surface area contributed by atoms with Crippen molar-refractivity contribution in [2.75, 3.05) is 14.1 Å². The molecule has 0 bridgehead atoms. The van der Waals surface area contributed by atoms with E-state index in [1.165, 1.54) is 24.0 Å². The first-order valence-corrected chi connectivity index (χ1v) is 8.41. The predicted octanol–water partition coefficient (Wildman–Crippen LogP) is 3.66. The maximum atomic E-state index is 11.0. The highest BCUT2D eigenvalue weighted by molar-refractivity contribution is 5.23. The summed E-state index contributed by atoms with van der Waals surface area (Å²) in [4.78, 5) is 2.27. The molecule has 2 nitrogen and oxygen atoms in total. The molecule has 118 valence electrons. The number of likely N-dealkylation sites (N-methyl/N-ethyl adjacent to an activating group) is 1. The number of hydrogen-bond acceptors (Lipinski definition) is 2. The van der Waals surface area contributed by atoms with Crippen LogP contribution in [0.3, 0.4) is 0 Å². The topological polar surface area (TPSA) is 23.5 Å². The lowest BCUT2D eigenvalue weighted by Crippen LogP contribution is -2.56. The van der Waals surface area contributed by atoms with Crippen LogP contribution < -0.4 is 0 Å². The van der Waals surface area contributed by atoms with Crippen molar-refractivity contribution in [3.8, 4) is 0 Å². The fraction of sp³-hybridized carbons (Fsp3) is 0.684. The van der Waals surface area contributed by atoms with Gasteiger partial charge in [-0.15, -0.1) is 0 Å². The number of nitrogens with zero attached hydrogens (tertiary/aromatic N) is 1. The van der Waals surface area contributed by atoms with Crippen molar-refractivity contribution in [1.29, 1.82) is 0 Å². The van der Waals surface area contributed by atoms with Gasteiger partial charge in [0.25, 0.3) is 0 Å². The number of rotatable bonds is 5. The lowest BCUT2D eigenvalue weighted by molar-refractivity contribution is -0.0424. The van der Waals surface area contributed by atoms with Gasteiger partial charge in [0.15, 0.2) is 0 Å². The van der Waals surface area contributed by atoms with Gasteiger partial charge in [-0.25, -0.2) is 0 Å². The summed E-state index contributed by atoms with van der Waals surface area (Å²) in [7, 11) is 4.25. The number of aliphatic hydroxyl groups is 1. The second-order valence-corrected chi connectivity index (χ2v) is 7.09. The van der Waals surface area contributed by atoms with Gasteiger partial charge in [-0.3, -0.25) is 0 Å². The SMILES string of the molecule is CCc1ccc(CC(O)C2(N(C)C)CCCC(C)C2)cc1. The van der Waals surface area contributed by atoms with Crippen LogP contribution in [0.15, 0.2) is 24.3 Å². The van der Waals surface area contributed by atoms with E-state index in [1.807, 2.05) is 0 Å². The number of hydrogen-bond donors (Lipinski definition) is 1. The first-order chi connectivity index (χ1) is 9.98. The van der Waals surface area contributed by atoms with E-state index in [1.54, 1.807) is 0 Å². The van der Waals surface area contributed by atoms with Crippen molar-refractivity contribution < 1.29 is 5.11 Å². The van der Waals surface area contributed by atoms with E-state index < -0.39 is 0 Å². The highest BCUT2D eigenvalue weighted by atomic mass is 16.3. The Morgan fingerprint density at radius 2 is 1.86 bits per heavy atom. The maximum absolute atomic E-state index is 11.0. The van der Waals surface area contributed by atoms with Gasteiger partial charge in [-0.1, -0.05) is 51.0 Å². The molecule has 1 aliphatic carbocycles. The fourth-order valence-electron chi connectivity index (χ4n) is 3.90. The molecule has 1 saturated carbocycles. The third kappa shape index (κ3) is 3.67. The molecule has 1 aromatic carbocycles. The molecule has 2 heteroatoms. The zero-order valence-electron chi connectivity index (χ0n) is 14.1. The van der Waals surface area contributed by atoms with Crippen molar-refractivity contribution >= 4 is 0 Å². The standard InChI is InChI=1S/C19H31NO/c1-5-16-8-10-17(11-9-16)13-18(21)19(20(3)4)12-6-7-15(2)14-19/h8-11,15,18,21H,5-7,12-14H2,1-4H3. The van der Waals surface area contributed by atoms with Crippen molar-refractivity contribution in [2.45, 2.75) is 64.0 Å². The summed E-state index contributed by atoms with van der Waals surface area (Å²) < 4.78 is 0. The largest absolute Gasteiger partial charge is 0.391 e. The van der Waals surface area contributed by atoms with Gasteiger partial charge in [0.1, 0.15) is 0 Å². The molecule has 0 aromatic heterocycles. The van der Waals surface area contributed by atoms with E-state index in [2.05, 4.69) is 57.1 Å². The lowest BCUT2D eigenvalue weighted by atomic mass is 9.71. The Kier molecular flexibility index (Phi) is 5.45. The molecule has 0 radical (unpaired) electrons. The molecule has 1 N–H and O–H groups in total. The highest BCUT2D eigenvalue weighted by Crippen LogP contribution is 2.39. The Hall–Kier alpha value is -0.860. The number of benzene rings is 1. The Labute approximate surface area is 130 Å². The average molecular weight is 289 g/mol. The molecule has 1 fully saturated rings. The first-order valence-electron chi connectivity index (χ1n) is 8.41. The van der Waals surface area contributed by atoms with Gasteiger partial charge < -0.3 is 10.0 Å². The molecule has 0 heterocycles. The molecule has 1 aliphatic rings. The smallest absolute Gasteiger partial charge is 0.0763 e. The summed E-state index contributed by atoms with van der Waals surface area (Å²) in [6, 6.07) is 8.73. The van der Waals surface area contributed by atoms with Crippen LogP contribution in [0.1, 0.15) is 50.7 Å². The van der Waals surface area contributed by atoms with E-state index in [0.717, 1.165) is 25.7 Å². The Morgan fingerprint density at radius 1 is 1.24 bits per heavy atom. The summed E-state index contributed by atoms with van der Waals surface area (Å²) >= 11 is 0. The second kappa shape index (κ2) is 6.93. The summed E-state index contributed by atoms with van der Waals surface area (Å²) in [5.41, 5.74) is 2.56. The summed E-state index contributed by atoms with van der Waals surface area (Å²) in [6.45, 7) is 4.49. The predicted molar refractivity (Wildman–Crippen MR) is 89.6 cm³/mol. The van der Waals surface area contributed by atoms with Crippen LogP contribution in [-0.4, -0.2) is 35.7 Å². The quantitative estimate of drug-likeness (QED) is 0.894. The van der Waals surface area contributed by atoms with E-state index >= 15 is 0 Å². The monoisotopic (exact) mass is 289 g/mol. The third-order valence-electron chi connectivity index (χ3n) is 5.38. The Bertz CT molecular complexity index is 439. The summed E-state index contributed by atoms with van der Waals surface area (Å²) in [5, 5.41) is 11.0. The van der Waals surface area contributed by atoms with Gasteiger partial charge in [0, 0.05) is 12.0 Å². The molecule has 0 amide bonds. The van der Waals surface area contributed by atoms with E-state index in [-0.39, 0.29) is 11.6 Å². The fourth-order valence-corrected chi connectivity index (χ4v) is 3.90. The lowest BCUT2D eigenvalue weighted by Gasteiger charge is -2.48. The van der Waals surface area contributed by atoms with Crippen LogP contribution in [0.4, 0.5) is 0 Å². The molecule has 21 heavy (non-hydrogen) atoms. The molecule has 3 unspecified atom stereocenters. The molecule has 3 atom stereocenters. The van der Waals surface area contributed by atoms with Gasteiger partial charge in [-0.05, 0) is 50.4 Å².